The highest BCUT2D eigenvalue weighted by atomic mass is 16.5. The molecule has 0 spiro atoms. The molecule has 4 nitrogen and oxygen atoms in total. The van der Waals surface area contributed by atoms with Crippen molar-refractivity contribution in [3.63, 3.8) is 0 Å². The number of aromatic carboxylic acids is 1. The lowest BCUT2D eigenvalue weighted by Crippen LogP contribution is -2.17. The summed E-state index contributed by atoms with van der Waals surface area (Å²) in [7, 11) is 0. The highest BCUT2D eigenvalue weighted by Crippen LogP contribution is 2.25. The molecule has 1 unspecified atom stereocenters. The quantitative estimate of drug-likeness (QED) is 0.824. The Hall–Kier alpha value is -1.55. The minimum absolute atomic E-state index is 0.227. The fourth-order valence-electron chi connectivity index (χ4n) is 1.60. The van der Waals surface area contributed by atoms with Crippen LogP contribution in [0, 0.1) is 13.8 Å². The van der Waals surface area contributed by atoms with Crippen LogP contribution in [0.4, 0.5) is 0 Å². The summed E-state index contributed by atoms with van der Waals surface area (Å²) in [4.78, 5) is 10.8. The monoisotopic (exact) mass is 238 g/mol. The van der Waals surface area contributed by atoms with Crippen LogP contribution in [0.5, 0.6) is 5.75 Å². The van der Waals surface area contributed by atoms with Gasteiger partial charge in [-0.3, -0.25) is 0 Å². The summed E-state index contributed by atoms with van der Waals surface area (Å²) in [6.45, 7) is 5.70. The van der Waals surface area contributed by atoms with Crippen molar-refractivity contribution in [2.24, 2.45) is 0 Å². The van der Waals surface area contributed by atoms with E-state index in [2.05, 4.69) is 0 Å². The zero-order chi connectivity index (χ0) is 13.0. The zero-order valence-corrected chi connectivity index (χ0v) is 10.4. The van der Waals surface area contributed by atoms with E-state index in [9.17, 15) is 9.90 Å². The summed E-state index contributed by atoms with van der Waals surface area (Å²) < 4.78 is 5.51. The molecule has 0 aliphatic carbocycles. The van der Waals surface area contributed by atoms with Gasteiger partial charge < -0.3 is 14.9 Å². The number of ether oxygens (including phenoxy) is 1. The van der Waals surface area contributed by atoms with Crippen LogP contribution in [0.25, 0.3) is 0 Å². The highest BCUT2D eigenvalue weighted by Gasteiger charge is 2.11. The number of carboxylic acid groups (broad SMARTS) is 1. The minimum Gasteiger partial charge on any atom is -0.490 e. The highest BCUT2D eigenvalue weighted by molar-refractivity contribution is 5.88. The van der Waals surface area contributed by atoms with Gasteiger partial charge in [0.2, 0.25) is 0 Å². The maximum Gasteiger partial charge on any atom is 0.335 e. The first kappa shape index (κ1) is 13.5. The summed E-state index contributed by atoms with van der Waals surface area (Å²) in [5, 5.41) is 18.3. The van der Waals surface area contributed by atoms with E-state index in [0.717, 1.165) is 11.1 Å². The lowest BCUT2D eigenvalue weighted by atomic mass is 10.1. The SMILES string of the molecule is CCC(O)COc1c(C)cc(C(=O)O)cc1C. The number of benzene rings is 1. The summed E-state index contributed by atoms with van der Waals surface area (Å²) in [6, 6.07) is 3.14. The van der Waals surface area contributed by atoms with E-state index in [1.807, 2.05) is 6.92 Å². The predicted molar refractivity (Wildman–Crippen MR) is 64.7 cm³/mol. The summed E-state index contributed by atoms with van der Waals surface area (Å²) in [5.41, 5.74) is 1.79. The topological polar surface area (TPSA) is 66.8 Å². The third-order valence-electron chi connectivity index (χ3n) is 2.60. The van der Waals surface area contributed by atoms with E-state index in [1.54, 1.807) is 26.0 Å². The molecule has 1 atom stereocenters. The van der Waals surface area contributed by atoms with Crippen LogP contribution in [0.2, 0.25) is 0 Å². The molecule has 0 saturated carbocycles. The second kappa shape index (κ2) is 5.68. The third kappa shape index (κ3) is 3.46. The van der Waals surface area contributed by atoms with Crippen molar-refractivity contribution in [3.05, 3.63) is 28.8 Å². The molecular weight excluding hydrogens is 220 g/mol. The van der Waals surface area contributed by atoms with Crippen molar-refractivity contribution in [1.82, 2.24) is 0 Å². The predicted octanol–water partition coefficient (Wildman–Crippen LogP) is 2.15. The van der Waals surface area contributed by atoms with Gasteiger partial charge in [-0.1, -0.05) is 6.92 Å². The molecule has 0 aliphatic heterocycles. The Morgan fingerprint density at radius 2 is 1.88 bits per heavy atom. The molecular formula is C13H18O4. The van der Waals surface area contributed by atoms with Gasteiger partial charge in [0.1, 0.15) is 12.4 Å². The van der Waals surface area contributed by atoms with Crippen molar-refractivity contribution in [3.8, 4) is 5.75 Å². The van der Waals surface area contributed by atoms with Crippen LogP contribution in [0.3, 0.4) is 0 Å². The smallest absolute Gasteiger partial charge is 0.335 e. The first-order valence-electron chi connectivity index (χ1n) is 5.61. The molecule has 4 heteroatoms. The molecule has 0 saturated heterocycles. The van der Waals surface area contributed by atoms with E-state index >= 15 is 0 Å². The summed E-state index contributed by atoms with van der Waals surface area (Å²) >= 11 is 0. The number of carboxylic acids is 1. The first-order chi connectivity index (χ1) is 7.95. The van der Waals surface area contributed by atoms with Gasteiger partial charge in [0.05, 0.1) is 11.7 Å². The van der Waals surface area contributed by atoms with Gasteiger partial charge in [0.15, 0.2) is 0 Å². The van der Waals surface area contributed by atoms with Gasteiger partial charge in [0, 0.05) is 0 Å². The molecule has 0 bridgehead atoms. The summed E-state index contributed by atoms with van der Waals surface area (Å²) in [5.74, 6) is -0.293. The van der Waals surface area contributed by atoms with Crippen molar-refractivity contribution in [2.75, 3.05) is 6.61 Å². The summed E-state index contributed by atoms with van der Waals surface area (Å²) in [6.07, 6.45) is 0.138. The number of carbonyl (C=O) groups is 1. The average Bonchev–Trinajstić information content (AvgIpc) is 2.27. The Balaban J connectivity index is 2.90. The van der Waals surface area contributed by atoms with Crippen LogP contribution in [-0.4, -0.2) is 28.9 Å². The van der Waals surface area contributed by atoms with E-state index in [0.29, 0.717) is 12.2 Å². The second-order valence-electron chi connectivity index (χ2n) is 4.12. The van der Waals surface area contributed by atoms with Gasteiger partial charge in [-0.05, 0) is 43.5 Å². The molecule has 1 aromatic rings. The van der Waals surface area contributed by atoms with Gasteiger partial charge in [-0.25, -0.2) is 4.79 Å². The van der Waals surface area contributed by atoms with Gasteiger partial charge >= 0.3 is 5.97 Å². The van der Waals surface area contributed by atoms with Gasteiger partial charge in [-0.15, -0.1) is 0 Å². The number of hydrogen-bond donors (Lipinski definition) is 2. The maximum absolute atomic E-state index is 10.8. The number of aliphatic hydroxyl groups excluding tert-OH is 1. The molecule has 94 valence electrons. The van der Waals surface area contributed by atoms with Crippen LogP contribution in [0.1, 0.15) is 34.8 Å². The number of hydrogen-bond acceptors (Lipinski definition) is 3. The molecule has 0 aliphatic rings. The molecule has 0 aromatic heterocycles. The van der Waals surface area contributed by atoms with Crippen LogP contribution in [-0.2, 0) is 0 Å². The Morgan fingerprint density at radius 1 is 1.35 bits per heavy atom. The molecule has 1 aromatic carbocycles. The van der Waals surface area contributed by atoms with E-state index < -0.39 is 12.1 Å². The first-order valence-corrected chi connectivity index (χ1v) is 5.61. The molecule has 0 heterocycles. The van der Waals surface area contributed by atoms with Crippen molar-refractivity contribution >= 4 is 5.97 Å². The third-order valence-corrected chi connectivity index (χ3v) is 2.60. The van der Waals surface area contributed by atoms with Crippen molar-refractivity contribution in [1.29, 1.82) is 0 Å². The van der Waals surface area contributed by atoms with Gasteiger partial charge in [-0.2, -0.15) is 0 Å². The molecule has 1 rings (SSSR count). The number of rotatable bonds is 5. The van der Waals surface area contributed by atoms with E-state index in [4.69, 9.17) is 9.84 Å². The molecule has 17 heavy (non-hydrogen) atoms. The second-order valence-corrected chi connectivity index (χ2v) is 4.12. The standard InChI is InChI=1S/C13H18O4/c1-4-11(14)7-17-12-8(2)5-10(13(15)16)6-9(12)3/h5-6,11,14H,4,7H2,1-3H3,(H,15,16). The van der Waals surface area contributed by atoms with Crippen molar-refractivity contribution in [2.45, 2.75) is 33.3 Å². The Kier molecular flexibility index (Phi) is 4.52. The van der Waals surface area contributed by atoms with Gasteiger partial charge in [0.25, 0.3) is 0 Å². The van der Waals surface area contributed by atoms with Crippen LogP contribution < -0.4 is 4.74 Å². The average molecular weight is 238 g/mol. The van der Waals surface area contributed by atoms with Crippen LogP contribution in [0.15, 0.2) is 12.1 Å². The molecule has 0 fully saturated rings. The lowest BCUT2D eigenvalue weighted by molar-refractivity contribution is 0.0696. The Labute approximate surface area is 101 Å². The molecule has 0 amide bonds. The largest absolute Gasteiger partial charge is 0.490 e. The minimum atomic E-state index is -0.948. The number of aliphatic hydroxyl groups is 1. The van der Waals surface area contributed by atoms with Crippen molar-refractivity contribution < 1.29 is 19.7 Å². The number of aryl methyl sites for hydroxylation is 2. The Morgan fingerprint density at radius 3 is 2.29 bits per heavy atom. The lowest BCUT2D eigenvalue weighted by Gasteiger charge is -2.15. The fraction of sp³-hybridized carbons (Fsp3) is 0.462. The Bertz CT molecular complexity index is 389. The van der Waals surface area contributed by atoms with E-state index in [1.165, 1.54) is 0 Å². The molecule has 2 N–H and O–H groups in total. The molecule has 0 radical (unpaired) electrons. The van der Waals surface area contributed by atoms with E-state index in [-0.39, 0.29) is 12.2 Å². The normalized spacial score (nSPS) is 12.2. The van der Waals surface area contributed by atoms with Crippen LogP contribution >= 0.6 is 0 Å². The maximum atomic E-state index is 10.8. The zero-order valence-electron chi connectivity index (χ0n) is 10.4. The fourth-order valence-corrected chi connectivity index (χ4v) is 1.60.